The summed E-state index contributed by atoms with van der Waals surface area (Å²) < 4.78 is 5.04. The molecular formula is C11H14N4O3. The van der Waals surface area contributed by atoms with Crippen molar-refractivity contribution in [2.45, 2.75) is 26.3 Å². The summed E-state index contributed by atoms with van der Waals surface area (Å²) in [6.07, 6.45) is 1.33. The fourth-order valence-corrected chi connectivity index (χ4v) is 1.57. The summed E-state index contributed by atoms with van der Waals surface area (Å²) in [5.74, 6) is -0.447. The molecule has 0 spiro atoms. The third kappa shape index (κ3) is 1.68. The van der Waals surface area contributed by atoms with Crippen LogP contribution in [0, 0.1) is 6.92 Å². The van der Waals surface area contributed by atoms with Crippen LogP contribution in [0.3, 0.4) is 0 Å². The molecule has 0 fully saturated rings. The molecular weight excluding hydrogens is 236 g/mol. The zero-order chi connectivity index (χ0) is 13.5. The number of carbonyl (C=O) groups is 1. The lowest BCUT2D eigenvalue weighted by Crippen LogP contribution is -2.48. The van der Waals surface area contributed by atoms with Gasteiger partial charge in [0.2, 0.25) is 0 Å². The van der Waals surface area contributed by atoms with E-state index in [0.29, 0.717) is 22.6 Å². The third-order valence-electron chi connectivity index (χ3n) is 3.10. The molecule has 18 heavy (non-hydrogen) atoms. The first-order valence-electron chi connectivity index (χ1n) is 5.40. The normalized spacial score (nSPS) is 11.8. The van der Waals surface area contributed by atoms with Gasteiger partial charge in [0.05, 0.1) is 5.69 Å². The summed E-state index contributed by atoms with van der Waals surface area (Å²) >= 11 is 0. The van der Waals surface area contributed by atoms with Gasteiger partial charge in [-0.2, -0.15) is 4.98 Å². The molecule has 0 saturated heterocycles. The topological polar surface area (TPSA) is 92.4 Å². The quantitative estimate of drug-likeness (QED) is 0.875. The standard InChI is InChI=1S/C11H14N4O3/c1-6-7-8(12-5-13-9(7)18-14-6)15(4)11(2,3)10(16)17/h5H,1-4H3,(H,16,17). The smallest absolute Gasteiger partial charge is 0.328 e. The van der Waals surface area contributed by atoms with E-state index < -0.39 is 11.5 Å². The summed E-state index contributed by atoms with van der Waals surface area (Å²) in [4.78, 5) is 20.9. The van der Waals surface area contributed by atoms with Crippen LogP contribution >= 0.6 is 0 Å². The lowest BCUT2D eigenvalue weighted by atomic mass is 10.0. The molecule has 0 amide bonds. The number of carboxylic acids is 1. The number of fused-ring (bicyclic) bond motifs is 1. The minimum absolute atomic E-state index is 0.352. The molecule has 0 aliphatic heterocycles. The molecule has 0 aliphatic rings. The van der Waals surface area contributed by atoms with Crippen molar-refractivity contribution < 1.29 is 14.4 Å². The van der Waals surface area contributed by atoms with Crippen LogP contribution in [-0.4, -0.2) is 38.8 Å². The van der Waals surface area contributed by atoms with Gasteiger partial charge in [-0.25, -0.2) is 9.78 Å². The molecule has 0 atom stereocenters. The number of anilines is 1. The molecule has 2 aromatic rings. The van der Waals surface area contributed by atoms with Crippen molar-refractivity contribution in [2.24, 2.45) is 0 Å². The Kier molecular flexibility index (Phi) is 2.68. The number of nitrogens with zero attached hydrogens (tertiary/aromatic N) is 4. The van der Waals surface area contributed by atoms with Crippen molar-refractivity contribution >= 4 is 22.9 Å². The highest BCUT2D eigenvalue weighted by atomic mass is 16.5. The van der Waals surface area contributed by atoms with Crippen molar-refractivity contribution in [3.8, 4) is 0 Å². The van der Waals surface area contributed by atoms with Crippen LogP contribution in [0.1, 0.15) is 19.5 Å². The third-order valence-corrected chi connectivity index (χ3v) is 3.10. The SMILES string of the molecule is Cc1noc2ncnc(N(C)C(C)(C)C(=O)O)c12. The first-order valence-corrected chi connectivity index (χ1v) is 5.40. The summed E-state index contributed by atoms with van der Waals surface area (Å²) in [6, 6.07) is 0. The number of hydrogen-bond donors (Lipinski definition) is 1. The van der Waals surface area contributed by atoms with Gasteiger partial charge in [0.15, 0.2) is 0 Å². The van der Waals surface area contributed by atoms with E-state index in [-0.39, 0.29) is 0 Å². The minimum Gasteiger partial charge on any atom is -0.480 e. The fraction of sp³-hybridized carbons (Fsp3) is 0.455. The predicted molar refractivity (Wildman–Crippen MR) is 64.5 cm³/mol. The molecule has 2 aromatic heterocycles. The fourth-order valence-electron chi connectivity index (χ4n) is 1.57. The van der Waals surface area contributed by atoms with Gasteiger partial charge in [0.1, 0.15) is 23.1 Å². The van der Waals surface area contributed by atoms with Gasteiger partial charge in [-0.05, 0) is 20.8 Å². The van der Waals surface area contributed by atoms with Crippen LogP contribution in [0.15, 0.2) is 10.9 Å². The van der Waals surface area contributed by atoms with Crippen molar-refractivity contribution in [1.29, 1.82) is 0 Å². The van der Waals surface area contributed by atoms with Crippen molar-refractivity contribution in [1.82, 2.24) is 15.1 Å². The Bertz CT molecular complexity index is 605. The predicted octanol–water partition coefficient (Wildman–Crippen LogP) is 1.23. The summed E-state index contributed by atoms with van der Waals surface area (Å²) in [7, 11) is 1.67. The van der Waals surface area contributed by atoms with Gasteiger partial charge in [-0.3, -0.25) is 0 Å². The molecule has 7 nitrogen and oxygen atoms in total. The molecule has 96 valence electrons. The zero-order valence-corrected chi connectivity index (χ0v) is 10.6. The Morgan fingerprint density at radius 1 is 1.44 bits per heavy atom. The number of aromatic nitrogens is 3. The Morgan fingerprint density at radius 2 is 2.11 bits per heavy atom. The first-order chi connectivity index (χ1) is 8.35. The number of carboxylic acid groups (broad SMARTS) is 1. The van der Waals surface area contributed by atoms with Crippen LogP contribution < -0.4 is 4.90 Å². The highest BCUT2D eigenvalue weighted by Gasteiger charge is 2.34. The van der Waals surface area contributed by atoms with E-state index in [1.54, 1.807) is 32.7 Å². The highest BCUT2D eigenvalue weighted by molar-refractivity contribution is 5.91. The Hall–Kier alpha value is -2.18. The Balaban J connectivity index is 2.61. The molecule has 0 unspecified atom stereocenters. The van der Waals surface area contributed by atoms with E-state index in [1.165, 1.54) is 6.33 Å². The second kappa shape index (κ2) is 3.94. The van der Waals surface area contributed by atoms with E-state index >= 15 is 0 Å². The van der Waals surface area contributed by atoms with Gasteiger partial charge in [-0.15, -0.1) is 0 Å². The van der Waals surface area contributed by atoms with Crippen molar-refractivity contribution in [3.05, 3.63) is 12.0 Å². The number of rotatable bonds is 3. The van der Waals surface area contributed by atoms with Crippen LogP contribution in [-0.2, 0) is 4.79 Å². The molecule has 1 N–H and O–H groups in total. The van der Waals surface area contributed by atoms with E-state index in [4.69, 9.17) is 4.52 Å². The molecule has 0 aromatic carbocycles. The maximum absolute atomic E-state index is 11.3. The second-order valence-electron chi connectivity index (χ2n) is 4.57. The Morgan fingerprint density at radius 3 is 2.72 bits per heavy atom. The highest BCUT2D eigenvalue weighted by Crippen LogP contribution is 2.29. The van der Waals surface area contributed by atoms with Crippen molar-refractivity contribution in [2.75, 3.05) is 11.9 Å². The number of hydrogen-bond acceptors (Lipinski definition) is 6. The Labute approximate surface area is 103 Å². The van der Waals surface area contributed by atoms with Gasteiger partial charge in [0.25, 0.3) is 5.71 Å². The molecule has 7 heteroatoms. The maximum atomic E-state index is 11.3. The average molecular weight is 250 g/mol. The maximum Gasteiger partial charge on any atom is 0.328 e. The van der Waals surface area contributed by atoms with E-state index in [1.807, 2.05) is 0 Å². The van der Waals surface area contributed by atoms with E-state index in [0.717, 1.165) is 0 Å². The van der Waals surface area contributed by atoms with Crippen molar-refractivity contribution in [3.63, 3.8) is 0 Å². The molecule has 2 heterocycles. The van der Waals surface area contributed by atoms with Gasteiger partial charge < -0.3 is 14.5 Å². The number of likely N-dealkylation sites (N-methyl/N-ethyl adjacent to an activating group) is 1. The van der Waals surface area contributed by atoms with Crippen LogP contribution in [0.25, 0.3) is 11.1 Å². The van der Waals surface area contributed by atoms with Gasteiger partial charge >= 0.3 is 5.97 Å². The summed E-state index contributed by atoms with van der Waals surface area (Å²) in [6.45, 7) is 4.97. The first kappa shape index (κ1) is 12.3. The lowest BCUT2D eigenvalue weighted by Gasteiger charge is -2.32. The monoisotopic (exact) mass is 250 g/mol. The lowest BCUT2D eigenvalue weighted by molar-refractivity contribution is -0.142. The number of aliphatic carboxylic acids is 1. The largest absolute Gasteiger partial charge is 0.480 e. The van der Waals surface area contributed by atoms with Gasteiger partial charge in [0, 0.05) is 7.05 Å². The average Bonchev–Trinajstić information content (AvgIpc) is 2.70. The molecule has 0 saturated carbocycles. The molecule has 0 bridgehead atoms. The van der Waals surface area contributed by atoms with Crippen LogP contribution in [0.4, 0.5) is 5.82 Å². The summed E-state index contributed by atoms with van der Waals surface area (Å²) in [5, 5.41) is 13.7. The number of aryl methyl sites for hydroxylation is 1. The minimum atomic E-state index is -1.09. The second-order valence-corrected chi connectivity index (χ2v) is 4.57. The van der Waals surface area contributed by atoms with Crippen LogP contribution in [0.2, 0.25) is 0 Å². The van der Waals surface area contributed by atoms with Gasteiger partial charge in [-0.1, -0.05) is 5.16 Å². The molecule has 2 rings (SSSR count). The van der Waals surface area contributed by atoms with Crippen LogP contribution in [0.5, 0.6) is 0 Å². The molecule has 0 aliphatic carbocycles. The van der Waals surface area contributed by atoms with E-state index in [2.05, 4.69) is 15.1 Å². The van der Waals surface area contributed by atoms with E-state index in [9.17, 15) is 9.90 Å². The zero-order valence-electron chi connectivity index (χ0n) is 10.6. The molecule has 0 radical (unpaired) electrons. The summed E-state index contributed by atoms with van der Waals surface area (Å²) in [5.41, 5.74) is -0.107.